The Hall–Kier alpha value is -3.55. The number of carbonyl (C=O) groups is 1. The van der Waals surface area contributed by atoms with Crippen LogP contribution in [0.15, 0.2) is 36.4 Å². The summed E-state index contributed by atoms with van der Waals surface area (Å²) in [6.07, 6.45) is 7.35. The lowest BCUT2D eigenvalue weighted by atomic mass is 9.93. The number of esters is 1. The molecule has 1 aliphatic rings. The van der Waals surface area contributed by atoms with Crippen LogP contribution in [0.25, 0.3) is 0 Å². The topological polar surface area (TPSA) is 137 Å². The molecule has 0 saturated carbocycles. The summed E-state index contributed by atoms with van der Waals surface area (Å²) in [5.74, 6) is -2.40. The van der Waals surface area contributed by atoms with Crippen molar-refractivity contribution in [1.29, 1.82) is 0 Å². The average Bonchev–Trinajstić information content (AvgIpc) is 2.76. The van der Waals surface area contributed by atoms with E-state index in [0.717, 1.165) is 25.7 Å². The van der Waals surface area contributed by atoms with Crippen LogP contribution in [-0.2, 0) is 16.0 Å². The second kappa shape index (κ2) is 10.8. The van der Waals surface area contributed by atoms with E-state index in [1.165, 1.54) is 24.3 Å². The largest absolute Gasteiger partial charge is 0.508 e. The molecular formula is C25H30O8. The summed E-state index contributed by atoms with van der Waals surface area (Å²) in [5, 5.41) is 49.6. The molecule has 1 heterocycles. The van der Waals surface area contributed by atoms with Crippen LogP contribution >= 0.6 is 0 Å². The minimum Gasteiger partial charge on any atom is -0.508 e. The van der Waals surface area contributed by atoms with Crippen LogP contribution in [0.5, 0.6) is 34.5 Å². The number of rotatable bonds is 9. The third-order valence-electron chi connectivity index (χ3n) is 5.61. The van der Waals surface area contributed by atoms with Gasteiger partial charge in [-0.15, -0.1) is 0 Å². The molecule has 5 N–H and O–H groups in total. The lowest BCUT2D eigenvalue weighted by molar-refractivity contribution is -0.155. The molecule has 0 saturated heterocycles. The van der Waals surface area contributed by atoms with E-state index < -0.39 is 35.4 Å². The highest BCUT2D eigenvalue weighted by Gasteiger charge is 2.36. The monoisotopic (exact) mass is 458 g/mol. The molecule has 0 amide bonds. The van der Waals surface area contributed by atoms with Crippen LogP contribution in [0.4, 0.5) is 0 Å². The number of ether oxygens (including phenoxy) is 2. The molecule has 0 unspecified atom stereocenters. The van der Waals surface area contributed by atoms with Gasteiger partial charge < -0.3 is 35.0 Å². The molecule has 2 aromatic rings. The quantitative estimate of drug-likeness (QED) is 0.158. The van der Waals surface area contributed by atoms with Gasteiger partial charge in [0.05, 0.1) is 0 Å². The predicted octanol–water partition coefficient (Wildman–Crippen LogP) is 4.72. The van der Waals surface area contributed by atoms with Gasteiger partial charge in [0.15, 0.2) is 23.4 Å². The molecule has 0 aromatic heterocycles. The maximum Gasteiger partial charge on any atom is 0.306 e. The van der Waals surface area contributed by atoms with Gasteiger partial charge in [-0.2, -0.15) is 0 Å². The first-order chi connectivity index (χ1) is 15.8. The highest BCUT2D eigenvalue weighted by molar-refractivity contribution is 5.70. The SMILES string of the molecule is C/C=C/CCCCCCC(=O)O[C@@H]1Cc2c(O)cc(O)cc2O[C@@H]1c1cc(O)c(O)c(O)c1. The zero-order chi connectivity index (χ0) is 24.0. The molecule has 8 nitrogen and oxygen atoms in total. The Kier molecular flexibility index (Phi) is 7.92. The first kappa shape index (κ1) is 24.1. The van der Waals surface area contributed by atoms with E-state index >= 15 is 0 Å². The van der Waals surface area contributed by atoms with Crippen molar-refractivity contribution >= 4 is 5.97 Å². The Morgan fingerprint density at radius 1 is 1.00 bits per heavy atom. The smallest absolute Gasteiger partial charge is 0.306 e. The summed E-state index contributed by atoms with van der Waals surface area (Å²) in [6, 6.07) is 4.92. The molecule has 0 spiro atoms. The number of hydrogen-bond donors (Lipinski definition) is 5. The minimum atomic E-state index is -0.944. The Morgan fingerprint density at radius 3 is 2.39 bits per heavy atom. The summed E-state index contributed by atoms with van der Waals surface area (Å²) in [4.78, 5) is 12.5. The number of phenols is 5. The molecule has 0 bridgehead atoms. The van der Waals surface area contributed by atoms with Crippen molar-refractivity contribution in [3.63, 3.8) is 0 Å². The number of benzene rings is 2. The van der Waals surface area contributed by atoms with Crippen molar-refractivity contribution in [2.24, 2.45) is 0 Å². The van der Waals surface area contributed by atoms with E-state index in [1.807, 2.05) is 13.0 Å². The third-order valence-corrected chi connectivity index (χ3v) is 5.61. The number of aromatic hydroxyl groups is 5. The van der Waals surface area contributed by atoms with Crippen LogP contribution in [0, 0.1) is 0 Å². The fourth-order valence-electron chi connectivity index (χ4n) is 3.90. The van der Waals surface area contributed by atoms with Gasteiger partial charge in [0.2, 0.25) is 0 Å². The first-order valence-electron chi connectivity index (χ1n) is 11.1. The number of allylic oxidation sites excluding steroid dienone is 2. The predicted molar refractivity (Wildman–Crippen MR) is 121 cm³/mol. The zero-order valence-corrected chi connectivity index (χ0v) is 18.5. The zero-order valence-electron chi connectivity index (χ0n) is 18.5. The first-order valence-corrected chi connectivity index (χ1v) is 11.1. The van der Waals surface area contributed by atoms with Crippen molar-refractivity contribution in [1.82, 2.24) is 0 Å². The Morgan fingerprint density at radius 2 is 1.70 bits per heavy atom. The maximum absolute atomic E-state index is 12.5. The fraction of sp³-hybridized carbons (Fsp3) is 0.400. The van der Waals surface area contributed by atoms with Crippen molar-refractivity contribution in [3.8, 4) is 34.5 Å². The van der Waals surface area contributed by atoms with Crippen LogP contribution in [-0.4, -0.2) is 37.6 Å². The molecule has 0 fully saturated rings. The number of unbranched alkanes of at least 4 members (excludes halogenated alkanes) is 4. The van der Waals surface area contributed by atoms with Crippen LogP contribution in [0.1, 0.15) is 62.7 Å². The molecule has 2 aromatic carbocycles. The lowest BCUT2D eigenvalue weighted by Gasteiger charge is -2.34. The highest BCUT2D eigenvalue weighted by atomic mass is 16.6. The van der Waals surface area contributed by atoms with E-state index in [9.17, 15) is 30.3 Å². The lowest BCUT2D eigenvalue weighted by Crippen LogP contribution is -2.34. The standard InChI is InChI=1S/C25H30O8/c1-2-3-4-5-6-7-8-9-23(30)32-22-14-17-18(27)12-16(26)13-21(17)33-25(22)15-10-19(28)24(31)20(29)11-15/h2-3,10-13,22,25-29,31H,4-9,14H2,1H3/b3-2+/t22-,25-/m1/s1. The van der Waals surface area contributed by atoms with Gasteiger partial charge in [-0.1, -0.05) is 25.0 Å². The van der Waals surface area contributed by atoms with Crippen LogP contribution < -0.4 is 4.74 Å². The van der Waals surface area contributed by atoms with Gasteiger partial charge in [-0.3, -0.25) is 4.79 Å². The summed E-state index contributed by atoms with van der Waals surface area (Å²) in [7, 11) is 0. The highest BCUT2D eigenvalue weighted by Crippen LogP contribution is 2.45. The Labute approximate surface area is 192 Å². The number of phenolic OH excluding ortho intramolecular Hbond substituents is 5. The average molecular weight is 459 g/mol. The van der Waals surface area contributed by atoms with Gasteiger partial charge in [-0.05, 0) is 38.3 Å². The molecule has 3 rings (SSSR count). The maximum atomic E-state index is 12.5. The van der Waals surface area contributed by atoms with E-state index in [0.29, 0.717) is 12.0 Å². The number of carbonyl (C=O) groups excluding carboxylic acids is 1. The Bertz CT molecular complexity index is 991. The van der Waals surface area contributed by atoms with Gasteiger partial charge in [-0.25, -0.2) is 0 Å². The molecule has 33 heavy (non-hydrogen) atoms. The van der Waals surface area contributed by atoms with Crippen molar-refractivity contribution in [2.45, 2.75) is 64.1 Å². The molecule has 8 heteroatoms. The molecule has 2 atom stereocenters. The fourth-order valence-corrected chi connectivity index (χ4v) is 3.90. The van der Waals surface area contributed by atoms with Crippen LogP contribution in [0.2, 0.25) is 0 Å². The van der Waals surface area contributed by atoms with E-state index in [1.54, 1.807) is 0 Å². The van der Waals surface area contributed by atoms with Gasteiger partial charge in [0.25, 0.3) is 0 Å². The molecule has 0 radical (unpaired) electrons. The molecular weight excluding hydrogens is 428 g/mol. The second-order valence-corrected chi connectivity index (χ2v) is 8.14. The number of fused-ring (bicyclic) bond motifs is 1. The minimum absolute atomic E-state index is 0.101. The third kappa shape index (κ3) is 6.03. The summed E-state index contributed by atoms with van der Waals surface area (Å²) in [5.41, 5.74) is 0.635. The van der Waals surface area contributed by atoms with Gasteiger partial charge >= 0.3 is 5.97 Å². The van der Waals surface area contributed by atoms with E-state index in [2.05, 4.69) is 6.08 Å². The van der Waals surface area contributed by atoms with Crippen molar-refractivity contribution in [2.75, 3.05) is 0 Å². The van der Waals surface area contributed by atoms with Gasteiger partial charge in [0, 0.05) is 36.1 Å². The molecule has 178 valence electrons. The van der Waals surface area contributed by atoms with Crippen molar-refractivity contribution < 1.29 is 39.8 Å². The summed E-state index contributed by atoms with van der Waals surface area (Å²) in [6.45, 7) is 1.99. The number of hydrogen-bond acceptors (Lipinski definition) is 8. The summed E-state index contributed by atoms with van der Waals surface area (Å²) < 4.78 is 11.6. The molecule has 0 aliphatic carbocycles. The van der Waals surface area contributed by atoms with Crippen LogP contribution in [0.3, 0.4) is 0 Å². The normalized spacial score (nSPS) is 17.5. The Balaban J connectivity index is 1.74. The molecule has 1 aliphatic heterocycles. The second-order valence-electron chi connectivity index (χ2n) is 8.14. The summed E-state index contributed by atoms with van der Waals surface area (Å²) >= 11 is 0. The van der Waals surface area contributed by atoms with E-state index in [4.69, 9.17) is 9.47 Å². The van der Waals surface area contributed by atoms with E-state index in [-0.39, 0.29) is 35.7 Å². The van der Waals surface area contributed by atoms with Crippen molar-refractivity contribution in [3.05, 3.63) is 47.5 Å². The van der Waals surface area contributed by atoms with Gasteiger partial charge in [0.1, 0.15) is 23.4 Å².